The fraction of sp³-hybridized carbons (Fsp3) is 0.316. The molecule has 4 heteroatoms. The summed E-state index contributed by atoms with van der Waals surface area (Å²) in [6, 6.07) is 16.8. The van der Waals surface area contributed by atoms with Crippen LogP contribution in [0.4, 0.5) is 0 Å². The molecule has 0 aliphatic heterocycles. The van der Waals surface area contributed by atoms with Gasteiger partial charge in [-0.3, -0.25) is 4.79 Å². The number of hydrogen-bond donors (Lipinski definition) is 2. The van der Waals surface area contributed by atoms with Crippen molar-refractivity contribution in [2.45, 2.75) is 31.9 Å². The Morgan fingerprint density at radius 2 is 1.78 bits per heavy atom. The number of hydrogen-bond acceptors (Lipinski definition) is 3. The molecule has 2 N–H and O–H groups in total. The molecule has 0 aliphatic rings. The van der Waals surface area contributed by atoms with Gasteiger partial charge in [-0.25, -0.2) is 0 Å². The molecule has 23 heavy (non-hydrogen) atoms. The quantitative estimate of drug-likeness (QED) is 0.826. The summed E-state index contributed by atoms with van der Waals surface area (Å²) in [5, 5.41) is 13.1. The van der Waals surface area contributed by atoms with Crippen LogP contribution in [0.25, 0.3) is 0 Å². The first-order valence-corrected chi connectivity index (χ1v) is 7.74. The highest BCUT2D eigenvalue weighted by molar-refractivity contribution is 5.79. The van der Waals surface area contributed by atoms with Gasteiger partial charge in [-0.05, 0) is 25.0 Å². The van der Waals surface area contributed by atoms with Crippen molar-refractivity contribution in [2.75, 3.05) is 7.11 Å². The van der Waals surface area contributed by atoms with Gasteiger partial charge in [0.15, 0.2) is 0 Å². The molecule has 0 saturated carbocycles. The predicted octanol–water partition coefficient (Wildman–Crippen LogP) is 2.87. The standard InChI is InChI=1S/C19H23NO3/c1-14(12-17(21)15-8-4-3-5-9-15)20-19(22)13-16-10-6-7-11-18(16)23-2/h3-11,14,17,21H,12-13H2,1-2H3,(H,20,22)/t14-,17-/m0/s1. The van der Waals surface area contributed by atoms with Crippen LogP contribution in [0.5, 0.6) is 5.75 Å². The molecule has 0 unspecified atom stereocenters. The summed E-state index contributed by atoms with van der Waals surface area (Å²) in [6.45, 7) is 1.90. The van der Waals surface area contributed by atoms with Crippen molar-refractivity contribution in [1.29, 1.82) is 0 Å². The first-order valence-electron chi connectivity index (χ1n) is 7.74. The minimum absolute atomic E-state index is 0.0812. The topological polar surface area (TPSA) is 58.6 Å². The van der Waals surface area contributed by atoms with E-state index in [1.165, 1.54) is 0 Å². The number of nitrogens with one attached hydrogen (secondary N) is 1. The third-order valence-electron chi connectivity index (χ3n) is 3.71. The Bertz CT molecular complexity index is 628. The maximum atomic E-state index is 12.2. The number of aliphatic hydroxyl groups is 1. The molecule has 4 nitrogen and oxygen atoms in total. The van der Waals surface area contributed by atoms with Gasteiger partial charge in [-0.1, -0.05) is 48.5 Å². The van der Waals surface area contributed by atoms with E-state index in [9.17, 15) is 9.90 Å². The Morgan fingerprint density at radius 1 is 1.13 bits per heavy atom. The van der Waals surface area contributed by atoms with E-state index in [1.54, 1.807) is 7.11 Å². The number of methoxy groups -OCH3 is 1. The average Bonchev–Trinajstić information content (AvgIpc) is 2.55. The summed E-state index contributed by atoms with van der Waals surface area (Å²) in [5.41, 5.74) is 1.71. The maximum absolute atomic E-state index is 12.2. The molecule has 2 aromatic carbocycles. The van der Waals surface area contributed by atoms with Crippen molar-refractivity contribution in [3.63, 3.8) is 0 Å². The van der Waals surface area contributed by atoms with Gasteiger partial charge in [-0.15, -0.1) is 0 Å². The van der Waals surface area contributed by atoms with Gasteiger partial charge in [0.2, 0.25) is 5.91 Å². The minimum atomic E-state index is -0.585. The van der Waals surface area contributed by atoms with Crippen LogP contribution in [0.3, 0.4) is 0 Å². The maximum Gasteiger partial charge on any atom is 0.224 e. The lowest BCUT2D eigenvalue weighted by Gasteiger charge is -2.18. The third-order valence-corrected chi connectivity index (χ3v) is 3.71. The lowest BCUT2D eigenvalue weighted by Crippen LogP contribution is -2.34. The van der Waals surface area contributed by atoms with Gasteiger partial charge < -0.3 is 15.2 Å². The smallest absolute Gasteiger partial charge is 0.224 e. The highest BCUT2D eigenvalue weighted by atomic mass is 16.5. The van der Waals surface area contributed by atoms with Crippen LogP contribution in [-0.4, -0.2) is 24.2 Å². The number of benzene rings is 2. The van der Waals surface area contributed by atoms with Crippen LogP contribution in [-0.2, 0) is 11.2 Å². The van der Waals surface area contributed by atoms with Gasteiger partial charge in [0.1, 0.15) is 5.75 Å². The predicted molar refractivity (Wildman–Crippen MR) is 90.3 cm³/mol. The van der Waals surface area contributed by atoms with Crippen molar-refractivity contribution >= 4 is 5.91 Å². The summed E-state index contributed by atoms with van der Waals surface area (Å²) >= 11 is 0. The number of ether oxygens (including phenoxy) is 1. The summed E-state index contributed by atoms with van der Waals surface area (Å²) in [6.07, 6.45) is 0.148. The monoisotopic (exact) mass is 313 g/mol. The van der Waals surface area contributed by atoms with E-state index >= 15 is 0 Å². The summed E-state index contributed by atoms with van der Waals surface area (Å²) < 4.78 is 5.25. The molecule has 0 heterocycles. The Labute approximate surface area is 137 Å². The van der Waals surface area contributed by atoms with Crippen molar-refractivity contribution in [2.24, 2.45) is 0 Å². The van der Waals surface area contributed by atoms with E-state index in [0.29, 0.717) is 12.2 Å². The Balaban J connectivity index is 1.87. The number of carbonyl (C=O) groups is 1. The highest BCUT2D eigenvalue weighted by Gasteiger charge is 2.15. The Morgan fingerprint density at radius 3 is 2.48 bits per heavy atom. The van der Waals surface area contributed by atoms with Gasteiger partial charge in [-0.2, -0.15) is 0 Å². The van der Waals surface area contributed by atoms with Crippen LogP contribution in [0.15, 0.2) is 54.6 Å². The molecule has 0 saturated heterocycles. The van der Waals surface area contributed by atoms with Crippen LogP contribution < -0.4 is 10.1 Å². The third kappa shape index (κ3) is 5.11. The van der Waals surface area contributed by atoms with Crippen molar-refractivity contribution < 1.29 is 14.6 Å². The van der Waals surface area contributed by atoms with Crippen LogP contribution in [0, 0.1) is 0 Å². The van der Waals surface area contributed by atoms with E-state index in [-0.39, 0.29) is 18.4 Å². The highest BCUT2D eigenvalue weighted by Crippen LogP contribution is 2.19. The molecule has 0 spiro atoms. The van der Waals surface area contributed by atoms with Crippen molar-refractivity contribution in [1.82, 2.24) is 5.32 Å². The number of aliphatic hydroxyl groups excluding tert-OH is 1. The fourth-order valence-electron chi connectivity index (χ4n) is 2.55. The van der Waals surface area contributed by atoms with Gasteiger partial charge in [0.05, 0.1) is 19.6 Å². The molecule has 2 atom stereocenters. The zero-order chi connectivity index (χ0) is 16.7. The largest absolute Gasteiger partial charge is 0.496 e. The van der Waals surface area contributed by atoms with E-state index in [2.05, 4.69) is 5.32 Å². The SMILES string of the molecule is COc1ccccc1CC(=O)N[C@@H](C)C[C@H](O)c1ccccc1. The number of carbonyl (C=O) groups excluding carboxylic acids is 1. The normalized spacial score (nSPS) is 13.2. The van der Waals surface area contributed by atoms with E-state index in [0.717, 1.165) is 11.1 Å². The molecule has 0 aliphatic carbocycles. The van der Waals surface area contributed by atoms with E-state index < -0.39 is 6.10 Å². The number of amides is 1. The lowest BCUT2D eigenvalue weighted by molar-refractivity contribution is -0.121. The molecule has 0 bridgehead atoms. The fourth-order valence-corrected chi connectivity index (χ4v) is 2.55. The first-order chi connectivity index (χ1) is 11.1. The van der Waals surface area contributed by atoms with Crippen LogP contribution >= 0.6 is 0 Å². The molecule has 122 valence electrons. The second kappa shape index (κ2) is 8.34. The van der Waals surface area contributed by atoms with Crippen LogP contribution in [0.1, 0.15) is 30.6 Å². The molecule has 2 aromatic rings. The molecule has 0 fully saturated rings. The zero-order valence-corrected chi connectivity index (χ0v) is 13.5. The second-order valence-electron chi connectivity index (χ2n) is 5.62. The Hall–Kier alpha value is -2.33. The number of para-hydroxylation sites is 1. The van der Waals surface area contributed by atoms with E-state index in [4.69, 9.17) is 4.74 Å². The number of rotatable bonds is 7. The molecule has 0 aromatic heterocycles. The summed E-state index contributed by atoms with van der Waals surface area (Å²) in [7, 11) is 1.59. The van der Waals surface area contributed by atoms with E-state index in [1.807, 2.05) is 61.5 Å². The summed E-state index contributed by atoms with van der Waals surface area (Å²) in [5.74, 6) is 0.627. The van der Waals surface area contributed by atoms with Crippen molar-refractivity contribution in [3.05, 3.63) is 65.7 Å². The lowest BCUT2D eigenvalue weighted by atomic mass is 10.0. The minimum Gasteiger partial charge on any atom is -0.496 e. The van der Waals surface area contributed by atoms with Crippen molar-refractivity contribution in [3.8, 4) is 5.75 Å². The molecule has 1 amide bonds. The van der Waals surface area contributed by atoms with Gasteiger partial charge in [0, 0.05) is 11.6 Å². The van der Waals surface area contributed by atoms with Gasteiger partial charge >= 0.3 is 0 Å². The average molecular weight is 313 g/mol. The van der Waals surface area contributed by atoms with Crippen LogP contribution in [0.2, 0.25) is 0 Å². The summed E-state index contributed by atoms with van der Waals surface area (Å²) in [4.78, 5) is 12.2. The second-order valence-corrected chi connectivity index (χ2v) is 5.62. The molecule has 2 rings (SSSR count). The molecular formula is C19H23NO3. The molecule has 0 radical (unpaired) electrons. The Kier molecular flexibility index (Phi) is 6.18. The molecular weight excluding hydrogens is 290 g/mol. The van der Waals surface area contributed by atoms with Gasteiger partial charge in [0.25, 0.3) is 0 Å². The first kappa shape index (κ1) is 17.0. The zero-order valence-electron chi connectivity index (χ0n) is 13.5.